The minimum absolute atomic E-state index is 0.0240. The quantitative estimate of drug-likeness (QED) is 0.888. The van der Waals surface area contributed by atoms with E-state index < -0.39 is 0 Å². The van der Waals surface area contributed by atoms with Crippen molar-refractivity contribution in [3.05, 3.63) is 64.6 Å². The Kier molecular flexibility index (Phi) is 5.53. The van der Waals surface area contributed by atoms with Gasteiger partial charge in [-0.25, -0.2) is 0 Å². The maximum absolute atomic E-state index is 12.0. The summed E-state index contributed by atoms with van der Waals surface area (Å²) in [7, 11) is 0. The van der Waals surface area contributed by atoms with Crippen LogP contribution in [0.5, 0.6) is 0 Å². The zero-order valence-electron chi connectivity index (χ0n) is 13.1. The van der Waals surface area contributed by atoms with Crippen LogP contribution in [0.25, 0.3) is 0 Å². The minimum Gasteiger partial charge on any atom is -0.325 e. The van der Waals surface area contributed by atoms with Crippen LogP contribution < -0.4 is 10.9 Å². The van der Waals surface area contributed by atoms with Gasteiger partial charge in [0.25, 0.3) is 5.56 Å². The highest BCUT2D eigenvalue weighted by atomic mass is 16.1. The molecule has 1 unspecified atom stereocenters. The molecule has 2 rings (SSSR count). The fourth-order valence-corrected chi connectivity index (χ4v) is 2.37. The standard InChI is InChI=1S/C18H22N2O2/c1-3-20-13-16(10-12-18(20)22)19-17(21)11-9-14(2)15-7-5-4-6-8-15/h4-8,10,12-14H,3,9,11H2,1-2H3,(H,19,21). The van der Waals surface area contributed by atoms with Gasteiger partial charge in [-0.05, 0) is 30.9 Å². The number of carbonyl (C=O) groups excluding carboxylic acids is 1. The third kappa shape index (κ3) is 4.32. The van der Waals surface area contributed by atoms with E-state index >= 15 is 0 Å². The smallest absolute Gasteiger partial charge is 0.250 e. The fraction of sp³-hybridized carbons (Fsp3) is 0.333. The molecule has 4 nitrogen and oxygen atoms in total. The maximum Gasteiger partial charge on any atom is 0.250 e. The van der Waals surface area contributed by atoms with Gasteiger partial charge in [0.2, 0.25) is 5.91 Å². The van der Waals surface area contributed by atoms with Gasteiger partial charge in [-0.3, -0.25) is 9.59 Å². The Morgan fingerprint density at radius 3 is 2.59 bits per heavy atom. The van der Waals surface area contributed by atoms with Gasteiger partial charge < -0.3 is 9.88 Å². The van der Waals surface area contributed by atoms with Gasteiger partial charge in [0.15, 0.2) is 0 Å². The van der Waals surface area contributed by atoms with Crippen molar-refractivity contribution < 1.29 is 4.79 Å². The van der Waals surface area contributed by atoms with Crippen LogP contribution in [0.3, 0.4) is 0 Å². The Hall–Kier alpha value is -2.36. The molecule has 22 heavy (non-hydrogen) atoms. The first-order chi connectivity index (χ1) is 10.6. The predicted octanol–water partition coefficient (Wildman–Crippen LogP) is 3.39. The minimum atomic E-state index is -0.0572. The van der Waals surface area contributed by atoms with Gasteiger partial charge in [-0.1, -0.05) is 37.3 Å². The van der Waals surface area contributed by atoms with Crippen LogP contribution in [0.2, 0.25) is 0 Å². The molecule has 0 aliphatic carbocycles. The van der Waals surface area contributed by atoms with E-state index in [1.807, 2.05) is 25.1 Å². The average molecular weight is 298 g/mol. The van der Waals surface area contributed by atoms with E-state index in [0.29, 0.717) is 24.6 Å². The third-order valence-electron chi connectivity index (χ3n) is 3.78. The summed E-state index contributed by atoms with van der Waals surface area (Å²) in [6, 6.07) is 13.3. The molecule has 1 N–H and O–H groups in total. The lowest BCUT2D eigenvalue weighted by molar-refractivity contribution is -0.116. The molecule has 1 aromatic carbocycles. The number of amides is 1. The van der Waals surface area contributed by atoms with Gasteiger partial charge in [-0.15, -0.1) is 0 Å². The summed E-state index contributed by atoms with van der Waals surface area (Å²) in [5, 5.41) is 2.85. The average Bonchev–Trinajstić information content (AvgIpc) is 2.55. The normalized spacial score (nSPS) is 11.9. The molecule has 0 bridgehead atoms. The highest BCUT2D eigenvalue weighted by molar-refractivity contribution is 5.90. The van der Waals surface area contributed by atoms with Crippen LogP contribution in [-0.2, 0) is 11.3 Å². The molecular formula is C18H22N2O2. The molecule has 0 aliphatic rings. The lowest BCUT2D eigenvalue weighted by Gasteiger charge is -2.12. The lowest BCUT2D eigenvalue weighted by Crippen LogP contribution is -2.19. The predicted molar refractivity (Wildman–Crippen MR) is 89.1 cm³/mol. The molecular weight excluding hydrogens is 276 g/mol. The molecule has 0 radical (unpaired) electrons. The van der Waals surface area contributed by atoms with E-state index in [1.54, 1.807) is 16.8 Å². The number of rotatable bonds is 6. The number of benzene rings is 1. The van der Waals surface area contributed by atoms with Crippen molar-refractivity contribution in [2.75, 3.05) is 5.32 Å². The molecule has 1 heterocycles. The molecule has 0 saturated carbocycles. The van der Waals surface area contributed by atoms with E-state index in [9.17, 15) is 9.59 Å². The van der Waals surface area contributed by atoms with Crippen LogP contribution in [0, 0.1) is 0 Å². The molecule has 0 aliphatic heterocycles. The van der Waals surface area contributed by atoms with Crippen LogP contribution in [0.1, 0.15) is 38.2 Å². The van der Waals surface area contributed by atoms with E-state index in [0.717, 1.165) is 6.42 Å². The number of nitrogens with one attached hydrogen (secondary N) is 1. The van der Waals surface area contributed by atoms with Crippen molar-refractivity contribution >= 4 is 11.6 Å². The molecule has 0 fully saturated rings. The van der Waals surface area contributed by atoms with Crippen LogP contribution in [0.4, 0.5) is 5.69 Å². The zero-order chi connectivity index (χ0) is 15.9. The first-order valence-corrected chi connectivity index (χ1v) is 7.65. The number of carbonyl (C=O) groups is 1. The van der Waals surface area contributed by atoms with Crippen molar-refractivity contribution in [3.63, 3.8) is 0 Å². The molecule has 2 aromatic rings. The summed E-state index contributed by atoms with van der Waals surface area (Å²) in [6.45, 7) is 4.61. The second kappa shape index (κ2) is 7.59. The topological polar surface area (TPSA) is 51.1 Å². The van der Waals surface area contributed by atoms with Gasteiger partial charge in [-0.2, -0.15) is 0 Å². The second-order valence-corrected chi connectivity index (χ2v) is 5.44. The number of hydrogen-bond donors (Lipinski definition) is 1. The summed E-state index contributed by atoms with van der Waals surface area (Å²) in [6.07, 6.45) is 2.94. The second-order valence-electron chi connectivity index (χ2n) is 5.44. The molecule has 1 aromatic heterocycles. The fourth-order valence-electron chi connectivity index (χ4n) is 2.37. The van der Waals surface area contributed by atoms with Gasteiger partial charge in [0, 0.05) is 25.2 Å². The molecule has 1 amide bonds. The first-order valence-electron chi connectivity index (χ1n) is 7.65. The van der Waals surface area contributed by atoms with Gasteiger partial charge in [0.05, 0.1) is 5.69 Å². The number of anilines is 1. The van der Waals surface area contributed by atoms with Gasteiger partial charge in [0.1, 0.15) is 0 Å². The van der Waals surface area contributed by atoms with Crippen LogP contribution in [-0.4, -0.2) is 10.5 Å². The Morgan fingerprint density at radius 2 is 1.91 bits per heavy atom. The Balaban J connectivity index is 1.89. The Morgan fingerprint density at radius 1 is 1.18 bits per heavy atom. The summed E-state index contributed by atoms with van der Waals surface area (Å²) < 4.78 is 1.57. The van der Waals surface area contributed by atoms with E-state index in [4.69, 9.17) is 0 Å². The number of pyridine rings is 1. The first kappa shape index (κ1) is 16.0. The number of nitrogens with zero attached hydrogens (tertiary/aromatic N) is 1. The van der Waals surface area contributed by atoms with Crippen molar-refractivity contribution in [1.29, 1.82) is 0 Å². The zero-order valence-corrected chi connectivity index (χ0v) is 13.1. The van der Waals surface area contributed by atoms with Crippen molar-refractivity contribution in [3.8, 4) is 0 Å². The van der Waals surface area contributed by atoms with Crippen molar-refractivity contribution in [2.45, 2.75) is 39.2 Å². The SMILES string of the molecule is CCn1cc(NC(=O)CCC(C)c2ccccc2)ccc1=O. The van der Waals surface area contributed by atoms with E-state index in [1.165, 1.54) is 11.6 Å². The highest BCUT2D eigenvalue weighted by Crippen LogP contribution is 2.20. The monoisotopic (exact) mass is 298 g/mol. The number of aryl methyl sites for hydroxylation is 1. The molecule has 0 spiro atoms. The molecule has 0 saturated heterocycles. The largest absolute Gasteiger partial charge is 0.325 e. The van der Waals surface area contributed by atoms with Gasteiger partial charge >= 0.3 is 0 Å². The summed E-state index contributed by atoms with van der Waals surface area (Å²) in [5.74, 6) is 0.320. The highest BCUT2D eigenvalue weighted by Gasteiger charge is 2.09. The molecule has 1 atom stereocenters. The van der Waals surface area contributed by atoms with Crippen LogP contribution in [0.15, 0.2) is 53.5 Å². The van der Waals surface area contributed by atoms with Crippen molar-refractivity contribution in [1.82, 2.24) is 4.57 Å². The Labute approximate surface area is 130 Å². The summed E-state index contributed by atoms with van der Waals surface area (Å²) in [4.78, 5) is 23.5. The Bertz CT molecular complexity index is 677. The van der Waals surface area contributed by atoms with E-state index in [-0.39, 0.29) is 11.5 Å². The molecule has 4 heteroatoms. The number of hydrogen-bond acceptors (Lipinski definition) is 2. The van der Waals surface area contributed by atoms with Crippen molar-refractivity contribution in [2.24, 2.45) is 0 Å². The maximum atomic E-state index is 12.0. The third-order valence-corrected chi connectivity index (χ3v) is 3.78. The molecule has 116 valence electrons. The lowest BCUT2D eigenvalue weighted by atomic mass is 9.96. The summed E-state index contributed by atoms with van der Waals surface area (Å²) >= 11 is 0. The number of aromatic nitrogens is 1. The van der Waals surface area contributed by atoms with Crippen LogP contribution >= 0.6 is 0 Å². The van der Waals surface area contributed by atoms with E-state index in [2.05, 4.69) is 24.4 Å². The summed E-state index contributed by atoms with van der Waals surface area (Å²) in [5.41, 5.74) is 1.85.